The third-order valence-corrected chi connectivity index (χ3v) is 3.86. The molecule has 0 fully saturated rings. The van der Waals surface area contributed by atoms with Crippen molar-refractivity contribution >= 4 is 17.5 Å². The highest BCUT2D eigenvalue weighted by atomic mass is 16.5. The van der Waals surface area contributed by atoms with Gasteiger partial charge in [0, 0.05) is 22.9 Å². The minimum absolute atomic E-state index is 0.0502. The Hall–Kier alpha value is -2.82. The van der Waals surface area contributed by atoms with Crippen LogP contribution in [0.5, 0.6) is 5.75 Å². The zero-order chi connectivity index (χ0) is 19.8. The van der Waals surface area contributed by atoms with Gasteiger partial charge in [0.2, 0.25) is 0 Å². The smallest absolute Gasteiger partial charge is 0.255 e. The van der Waals surface area contributed by atoms with E-state index in [1.54, 1.807) is 42.5 Å². The lowest BCUT2D eigenvalue weighted by molar-refractivity contribution is 0.0941. The number of hydrogen-bond donors (Lipinski definition) is 2. The van der Waals surface area contributed by atoms with E-state index in [0.29, 0.717) is 35.1 Å². The highest BCUT2D eigenvalue weighted by Crippen LogP contribution is 2.17. The molecule has 0 bridgehead atoms. The van der Waals surface area contributed by atoms with Gasteiger partial charge in [0.15, 0.2) is 0 Å². The number of amides is 2. The van der Waals surface area contributed by atoms with Gasteiger partial charge in [-0.2, -0.15) is 0 Å². The first-order chi connectivity index (χ1) is 12.8. The van der Waals surface area contributed by atoms with Gasteiger partial charge in [-0.15, -0.1) is 0 Å². The number of rotatable bonds is 8. The summed E-state index contributed by atoms with van der Waals surface area (Å²) in [6, 6.07) is 14.0. The molecule has 0 saturated carbocycles. The van der Waals surface area contributed by atoms with Crippen molar-refractivity contribution in [1.82, 2.24) is 5.32 Å². The monoisotopic (exact) mass is 368 g/mol. The molecular formula is C22H28N2O3. The summed E-state index contributed by atoms with van der Waals surface area (Å²) in [6.45, 7) is 8.71. The van der Waals surface area contributed by atoms with Gasteiger partial charge in [0.25, 0.3) is 11.8 Å². The van der Waals surface area contributed by atoms with Crippen LogP contribution < -0.4 is 15.4 Å². The zero-order valence-electron chi connectivity index (χ0n) is 16.4. The van der Waals surface area contributed by atoms with Crippen LogP contribution in [0.4, 0.5) is 5.69 Å². The molecule has 0 saturated heterocycles. The van der Waals surface area contributed by atoms with Crippen molar-refractivity contribution in [1.29, 1.82) is 0 Å². The lowest BCUT2D eigenvalue weighted by atomic mass is 10.1. The molecule has 2 rings (SSSR count). The van der Waals surface area contributed by atoms with E-state index in [2.05, 4.69) is 24.5 Å². The van der Waals surface area contributed by atoms with Crippen LogP contribution in [-0.4, -0.2) is 24.5 Å². The average molecular weight is 368 g/mol. The SMILES string of the molecule is CC(C)CCOc1cccc(C(=O)Nc2cccc(C(=O)NC(C)C)c2)c1. The minimum Gasteiger partial charge on any atom is -0.494 e. The Morgan fingerprint density at radius 2 is 1.59 bits per heavy atom. The van der Waals surface area contributed by atoms with Gasteiger partial charge in [-0.1, -0.05) is 26.0 Å². The Balaban J connectivity index is 2.03. The molecule has 0 atom stereocenters. The van der Waals surface area contributed by atoms with Crippen molar-refractivity contribution in [3.8, 4) is 5.75 Å². The lowest BCUT2D eigenvalue weighted by Gasteiger charge is -2.11. The molecular weight excluding hydrogens is 340 g/mol. The molecule has 2 aromatic rings. The van der Waals surface area contributed by atoms with Gasteiger partial charge < -0.3 is 15.4 Å². The van der Waals surface area contributed by atoms with Gasteiger partial charge in [-0.05, 0) is 62.6 Å². The average Bonchev–Trinajstić information content (AvgIpc) is 2.61. The van der Waals surface area contributed by atoms with E-state index in [9.17, 15) is 9.59 Å². The Kier molecular flexibility index (Phi) is 7.41. The van der Waals surface area contributed by atoms with Gasteiger partial charge in [0.05, 0.1) is 6.61 Å². The highest BCUT2D eigenvalue weighted by molar-refractivity contribution is 6.05. The summed E-state index contributed by atoms with van der Waals surface area (Å²) in [5, 5.41) is 5.67. The number of anilines is 1. The molecule has 144 valence electrons. The fourth-order valence-corrected chi connectivity index (χ4v) is 2.43. The summed E-state index contributed by atoms with van der Waals surface area (Å²) < 4.78 is 5.71. The van der Waals surface area contributed by atoms with Gasteiger partial charge >= 0.3 is 0 Å². The van der Waals surface area contributed by atoms with Gasteiger partial charge in [-0.25, -0.2) is 0 Å². The zero-order valence-corrected chi connectivity index (χ0v) is 16.4. The van der Waals surface area contributed by atoms with Crippen LogP contribution in [0.3, 0.4) is 0 Å². The second kappa shape index (κ2) is 9.76. The quantitative estimate of drug-likeness (QED) is 0.721. The number of hydrogen-bond acceptors (Lipinski definition) is 3. The Morgan fingerprint density at radius 1 is 0.926 bits per heavy atom. The van der Waals surface area contributed by atoms with Gasteiger partial charge in [-0.3, -0.25) is 9.59 Å². The summed E-state index contributed by atoms with van der Waals surface area (Å²) in [4.78, 5) is 24.7. The molecule has 27 heavy (non-hydrogen) atoms. The van der Waals surface area contributed by atoms with Crippen molar-refractivity contribution in [2.45, 2.75) is 40.2 Å². The predicted molar refractivity (Wildman–Crippen MR) is 108 cm³/mol. The number of nitrogens with one attached hydrogen (secondary N) is 2. The van der Waals surface area contributed by atoms with Crippen LogP contribution in [0.1, 0.15) is 54.8 Å². The molecule has 2 N–H and O–H groups in total. The molecule has 0 aliphatic carbocycles. The lowest BCUT2D eigenvalue weighted by Crippen LogP contribution is -2.30. The first kappa shape index (κ1) is 20.5. The number of carbonyl (C=O) groups excluding carboxylic acids is 2. The summed E-state index contributed by atoms with van der Waals surface area (Å²) in [5.74, 6) is 0.831. The van der Waals surface area contributed by atoms with E-state index in [1.807, 2.05) is 19.9 Å². The first-order valence-electron chi connectivity index (χ1n) is 9.30. The summed E-state index contributed by atoms with van der Waals surface area (Å²) >= 11 is 0. The predicted octanol–water partition coefficient (Wildman–Crippen LogP) is 4.50. The van der Waals surface area contributed by atoms with E-state index in [1.165, 1.54) is 0 Å². The summed E-state index contributed by atoms with van der Waals surface area (Å²) in [7, 11) is 0. The maximum atomic E-state index is 12.5. The molecule has 0 unspecified atom stereocenters. The second-order valence-corrected chi connectivity index (χ2v) is 7.22. The van der Waals surface area contributed by atoms with Crippen molar-refractivity contribution in [2.75, 3.05) is 11.9 Å². The van der Waals surface area contributed by atoms with Crippen LogP contribution in [-0.2, 0) is 0 Å². The molecule has 2 amide bonds. The molecule has 0 aromatic heterocycles. The van der Waals surface area contributed by atoms with Crippen LogP contribution in [0.25, 0.3) is 0 Å². The van der Waals surface area contributed by atoms with Crippen molar-refractivity contribution < 1.29 is 14.3 Å². The molecule has 0 radical (unpaired) electrons. The molecule has 0 spiro atoms. The van der Waals surface area contributed by atoms with Crippen molar-refractivity contribution in [3.63, 3.8) is 0 Å². The molecule has 0 aliphatic rings. The van der Waals surface area contributed by atoms with Gasteiger partial charge in [0.1, 0.15) is 5.75 Å². The normalized spacial score (nSPS) is 10.7. The molecule has 0 heterocycles. The Bertz CT molecular complexity index is 785. The van der Waals surface area contributed by atoms with E-state index in [0.717, 1.165) is 6.42 Å². The van der Waals surface area contributed by atoms with Crippen LogP contribution in [0.2, 0.25) is 0 Å². The fourth-order valence-electron chi connectivity index (χ4n) is 2.43. The number of carbonyl (C=O) groups is 2. The van der Waals surface area contributed by atoms with E-state index < -0.39 is 0 Å². The Labute approximate surface area is 161 Å². The maximum Gasteiger partial charge on any atom is 0.255 e. The summed E-state index contributed by atoms with van der Waals surface area (Å²) in [6.07, 6.45) is 0.960. The number of ether oxygens (including phenoxy) is 1. The molecule has 5 nitrogen and oxygen atoms in total. The third-order valence-electron chi connectivity index (χ3n) is 3.86. The second-order valence-electron chi connectivity index (χ2n) is 7.22. The largest absolute Gasteiger partial charge is 0.494 e. The topological polar surface area (TPSA) is 67.4 Å². The van der Waals surface area contributed by atoms with Crippen LogP contribution in [0.15, 0.2) is 48.5 Å². The van der Waals surface area contributed by atoms with E-state index in [-0.39, 0.29) is 17.9 Å². The van der Waals surface area contributed by atoms with Crippen molar-refractivity contribution in [2.24, 2.45) is 5.92 Å². The highest BCUT2D eigenvalue weighted by Gasteiger charge is 2.11. The van der Waals surface area contributed by atoms with E-state index in [4.69, 9.17) is 4.74 Å². The standard InChI is InChI=1S/C22H28N2O3/c1-15(2)11-12-27-20-10-6-8-18(14-20)22(26)24-19-9-5-7-17(13-19)21(25)23-16(3)4/h5-10,13-16H,11-12H2,1-4H3,(H,23,25)(H,24,26). The third kappa shape index (κ3) is 6.77. The fraction of sp³-hybridized carbons (Fsp3) is 0.364. The molecule has 2 aromatic carbocycles. The molecule has 5 heteroatoms. The van der Waals surface area contributed by atoms with Crippen LogP contribution >= 0.6 is 0 Å². The van der Waals surface area contributed by atoms with Crippen LogP contribution in [0, 0.1) is 5.92 Å². The summed E-state index contributed by atoms with van der Waals surface area (Å²) in [5.41, 5.74) is 1.59. The van der Waals surface area contributed by atoms with E-state index >= 15 is 0 Å². The number of benzene rings is 2. The Morgan fingerprint density at radius 3 is 2.26 bits per heavy atom. The maximum absolute atomic E-state index is 12.5. The first-order valence-corrected chi connectivity index (χ1v) is 9.30. The van der Waals surface area contributed by atoms with Crippen molar-refractivity contribution in [3.05, 3.63) is 59.7 Å². The minimum atomic E-state index is -0.245. The molecule has 0 aliphatic heterocycles.